The first-order valence-electron chi connectivity index (χ1n) is 6.79. The Labute approximate surface area is 131 Å². The first-order valence-corrected chi connectivity index (χ1v) is 7.61. The predicted molar refractivity (Wildman–Crippen MR) is 85.5 cm³/mol. The summed E-state index contributed by atoms with van der Waals surface area (Å²) in [5, 5.41) is 3.31. The van der Waals surface area contributed by atoms with Crippen molar-refractivity contribution in [3.8, 4) is 5.88 Å². The molecule has 0 aliphatic rings. The number of para-hydroxylation sites is 1. The van der Waals surface area contributed by atoms with Gasteiger partial charge in [0.15, 0.2) is 5.13 Å². The maximum Gasteiger partial charge on any atom is 0.276 e. The third-order valence-electron chi connectivity index (χ3n) is 3.01. The third-order valence-corrected chi connectivity index (χ3v) is 3.94. The maximum atomic E-state index is 12.2. The Bertz CT molecular complexity index is 831. The summed E-state index contributed by atoms with van der Waals surface area (Å²) in [6.45, 7) is 4.33. The second-order valence-electron chi connectivity index (χ2n) is 4.57. The van der Waals surface area contributed by atoms with Gasteiger partial charge in [0.2, 0.25) is 5.88 Å². The molecule has 1 N–H and O–H groups in total. The minimum Gasteiger partial charge on any atom is -0.478 e. The van der Waals surface area contributed by atoms with Gasteiger partial charge in [0, 0.05) is 6.07 Å². The number of thiazole rings is 1. The van der Waals surface area contributed by atoms with Crippen molar-refractivity contribution in [2.24, 2.45) is 0 Å². The van der Waals surface area contributed by atoms with Crippen LogP contribution in [0.25, 0.3) is 10.2 Å². The van der Waals surface area contributed by atoms with Crippen LogP contribution in [0.1, 0.15) is 23.0 Å². The minimum absolute atomic E-state index is 0.245. The highest BCUT2D eigenvalue weighted by atomic mass is 32.1. The Morgan fingerprint density at radius 3 is 3.00 bits per heavy atom. The van der Waals surface area contributed by atoms with Crippen molar-refractivity contribution in [2.45, 2.75) is 13.8 Å². The van der Waals surface area contributed by atoms with Gasteiger partial charge in [-0.2, -0.15) is 0 Å². The second kappa shape index (κ2) is 6.07. The van der Waals surface area contributed by atoms with Crippen LogP contribution < -0.4 is 10.1 Å². The lowest BCUT2D eigenvalue weighted by Gasteiger charge is -2.03. The average Bonchev–Trinajstić information content (AvgIpc) is 2.92. The largest absolute Gasteiger partial charge is 0.478 e. The average molecular weight is 314 g/mol. The molecule has 0 aliphatic heterocycles. The predicted octanol–water partition coefficient (Wildman–Crippen LogP) is 3.05. The molecule has 2 aromatic heterocycles. The molecule has 0 fully saturated rings. The van der Waals surface area contributed by atoms with Crippen LogP contribution in [0.5, 0.6) is 5.88 Å². The van der Waals surface area contributed by atoms with Crippen molar-refractivity contribution in [3.63, 3.8) is 0 Å². The summed E-state index contributed by atoms with van der Waals surface area (Å²) in [7, 11) is 0. The van der Waals surface area contributed by atoms with Crippen LogP contribution >= 0.6 is 11.3 Å². The number of nitrogens with zero attached hydrogens (tertiary/aromatic N) is 3. The highest BCUT2D eigenvalue weighted by molar-refractivity contribution is 7.22. The molecule has 0 atom stereocenters. The number of carbonyl (C=O) groups excluding carboxylic acids is 1. The van der Waals surface area contributed by atoms with E-state index in [1.165, 1.54) is 23.7 Å². The third kappa shape index (κ3) is 2.89. The summed E-state index contributed by atoms with van der Waals surface area (Å²) in [4.78, 5) is 24.6. The fraction of sp³-hybridized carbons (Fsp3) is 0.200. The molecule has 0 radical (unpaired) electrons. The van der Waals surface area contributed by atoms with E-state index < -0.39 is 0 Å². The summed E-state index contributed by atoms with van der Waals surface area (Å²) < 4.78 is 6.30. The zero-order chi connectivity index (χ0) is 15.5. The normalized spacial score (nSPS) is 10.6. The van der Waals surface area contributed by atoms with Gasteiger partial charge in [-0.15, -0.1) is 0 Å². The van der Waals surface area contributed by atoms with Crippen molar-refractivity contribution in [1.29, 1.82) is 0 Å². The Morgan fingerprint density at radius 2 is 2.23 bits per heavy atom. The number of ether oxygens (including phenoxy) is 1. The molecule has 3 rings (SSSR count). The fourth-order valence-corrected chi connectivity index (χ4v) is 2.93. The number of fused-ring (bicyclic) bond motifs is 1. The lowest BCUT2D eigenvalue weighted by molar-refractivity contribution is 0.102. The van der Waals surface area contributed by atoms with Gasteiger partial charge < -0.3 is 4.74 Å². The molecule has 1 aromatic carbocycles. The number of carbonyl (C=O) groups is 1. The number of nitrogens with one attached hydrogen (secondary N) is 1. The molecule has 22 heavy (non-hydrogen) atoms. The van der Waals surface area contributed by atoms with Crippen LogP contribution in [0.2, 0.25) is 0 Å². The van der Waals surface area contributed by atoms with Crippen LogP contribution in [0.4, 0.5) is 5.13 Å². The Hall–Kier alpha value is -2.54. The van der Waals surface area contributed by atoms with E-state index in [4.69, 9.17) is 4.74 Å². The molecule has 6 nitrogen and oxygen atoms in total. The first kappa shape index (κ1) is 14.4. The Morgan fingerprint density at radius 1 is 1.36 bits per heavy atom. The zero-order valence-electron chi connectivity index (χ0n) is 12.2. The summed E-state index contributed by atoms with van der Waals surface area (Å²) in [5.74, 6) is 0.0443. The van der Waals surface area contributed by atoms with Crippen LogP contribution in [0.3, 0.4) is 0 Å². The number of amides is 1. The van der Waals surface area contributed by atoms with Crippen molar-refractivity contribution < 1.29 is 9.53 Å². The molecule has 0 saturated carbocycles. The minimum atomic E-state index is -0.333. The molecule has 2 heterocycles. The summed E-state index contributed by atoms with van der Waals surface area (Å²) in [6, 6.07) is 7.46. The van der Waals surface area contributed by atoms with Gasteiger partial charge >= 0.3 is 0 Å². The van der Waals surface area contributed by atoms with Crippen molar-refractivity contribution in [1.82, 2.24) is 15.0 Å². The first-order chi connectivity index (χ1) is 10.7. The fourth-order valence-electron chi connectivity index (χ4n) is 1.99. The van der Waals surface area contributed by atoms with Gasteiger partial charge in [-0.25, -0.2) is 15.0 Å². The molecule has 0 aliphatic carbocycles. The number of rotatable bonds is 4. The molecule has 0 unspecified atom stereocenters. The lowest BCUT2D eigenvalue weighted by atomic mass is 10.2. The summed E-state index contributed by atoms with van der Waals surface area (Å²) in [5.41, 5.74) is 2.23. The number of aromatic nitrogens is 3. The number of hydrogen-bond acceptors (Lipinski definition) is 6. The topological polar surface area (TPSA) is 77.0 Å². The van der Waals surface area contributed by atoms with Crippen LogP contribution in [0, 0.1) is 6.92 Å². The number of aryl methyl sites for hydroxylation is 1. The van der Waals surface area contributed by atoms with Crippen molar-refractivity contribution >= 4 is 32.6 Å². The molecular weight excluding hydrogens is 300 g/mol. The second-order valence-corrected chi connectivity index (χ2v) is 5.60. The molecule has 1 amide bonds. The van der Waals surface area contributed by atoms with E-state index in [0.29, 0.717) is 17.6 Å². The van der Waals surface area contributed by atoms with Crippen LogP contribution in [0.15, 0.2) is 30.6 Å². The van der Waals surface area contributed by atoms with Crippen molar-refractivity contribution in [3.05, 3.63) is 41.9 Å². The molecular formula is C15H14N4O2S. The standard InChI is InChI=1S/C15H14N4O2S/c1-3-21-12-7-10(16-8-17-12)14(20)19-15-18-13-9(2)5-4-6-11(13)22-15/h4-8H,3H2,1-2H3,(H,18,19,20). The SMILES string of the molecule is CCOc1cc(C(=O)Nc2nc3c(C)cccc3s2)ncn1. The van der Waals surface area contributed by atoms with Gasteiger partial charge in [-0.3, -0.25) is 10.1 Å². The Balaban J connectivity index is 1.83. The monoisotopic (exact) mass is 314 g/mol. The smallest absolute Gasteiger partial charge is 0.276 e. The van der Waals surface area contributed by atoms with E-state index in [9.17, 15) is 4.79 Å². The summed E-state index contributed by atoms with van der Waals surface area (Å²) >= 11 is 1.43. The molecule has 3 aromatic rings. The van der Waals surface area contributed by atoms with E-state index in [2.05, 4.69) is 20.3 Å². The van der Waals surface area contributed by atoms with Gasteiger partial charge in [0.05, 0.1) is 16.8 Å². The van der Waals surface area contributed by atoms with Gasteiger partial charge in [0.1, 0.15) is 12.0 Å². The van der Waals surface area contributed by atoms with Gasteiger partial charge in [0.25, 0.3) is 5.91 Å². The summed E-state index contributed by atoms with van der Waals surface area (Å²) in [6.07, 6.45) is 1.31. The van der Waals surface area contributed by atoms with Crippen LogP contribution in [-0.2, 0) is 0 Å². The number of benzene rings is 1. The van der Waals surface area contributed by atoms with E-state index in [-0.39, 0.29) is 11.6 Å². The van der Waals surface area contributed by atoms with E-state index >= 15 is 0 Å². The molecule has 112 valence electrons. The highest BCUT2D eigenvalue weighted by Gasteiger charge is 2.13. The maximum absolute atomic E-state index is 12.2. The quantitative estimate of drug-likeness (QED) is 0.801. The zero-order valence-corrected chi connectivity index (χ0v) is 13.0. The van der Waals surface area contributed by atoms with Crippen molar-refractivity contribution in [2.75, 3.05) is 11.9 Å². The van der Waals surface area contributed by atoms with Gasteiger partial charge in [-0.1, -0.05) is 23.5 Å². The Kier molecular flexibility index (Phi) is 3.97. The molecule has 7 heteroatoms. The lowest BCUT2D eigenvalue weighted by Crippen LogP contribution is -2.14. The molecule has 0 spiro atoms. The molecule has 0 saturated heterocycles. The van der Waals surface area contributed by atoms with E-state index in [1.807, 2.05) is 32.0 Å². The molecule has 0 bridgehead atoms. The van der Waals surface area contributed by atoms with E-state index in [0.717, 1.165) is 15.8 Å². The number of anilines is 1. The highest BCUT2D eigenvalue weighted by Crippen LogP contribution is 2.28. The van der Waals surface area contributed by atoms with Crippen LogP contribution in [-0.4, -0.2) is 27.5 Å². The van der Waals surface area contributed by atoms with E-state index in [1.54, 1.807) is 0 Å². The van der Waals surface area contributed by atoms with Gasteiger partial charge in [-0.05, 0) is 25.5 Å². The number of hydrogen-bond donors (Lipinski definition) is 1.